The number of aliphatic carboxylic acids is 1. The molecule has 0 spiro atoms. The molecule has 1 aromatic heterocycles. The number of pyridine rings is 1. The molecule has 17 heavy (non-hydrogen) atoms. The van der Waals surface area contributed by atoms with Crippen LogP contribution in [0.25, 0.3) is 0 Å². The number of carboxylic acid groups (broad SMARTS) is 1. The lowest BCUT2D eigenvalue weighted by atomic mass is 9.72. The first-order chi connectivity index (χ1) is 8.16. The van der Waals surface area contributed by atoms with Crippen LogP contribution in [0.15, 0.2) is 24.5 Å². The number of carboxylic acids is 1. The Morgan fingerprint density at radius 1 is 1.41 bits per heavy atom. The van der Waals surface area contributed by atoms with Crippen LogP contribution in [0.4, 0.5) is 0 Å². The molecule has 1 aromatic rings. The Kier molecular flexibility index (Phi) is 3.77. The van der Waals surface area contributed by atoms with Crippen molar-refractivity contribution < 1.29 is 9.90 Å². The maximum atomic E-state index is 11.2. The molecule has 0 aliphatic heterocycles. The number of hydrogen-bond acceptors (Lipinski definition) is 2. The minimum atomic E-state index is -0.629. The fourth-order valence-corrected chi connectivity index (χ4v) is 2.87. The predicted octanol–water partition coefficient (Wildman–Crippen LogP) is 2.76. The third-order valence-corrected chi connectivity index (χ3v) is 3.81. The zero-order chi connectivity index (χ0) is 12.3. The molecule has 92 valence electrons. The van der Waals surface area contributed by atoms with Crippen molar-refractivity contribution in [2.45, 2.75) is 32.6 Å². The first-order valence-electron chi connectivity index (χ1n) is 6.28. The van der Waals surface area contributed by atoms with Crippen molar-refractivity contribution in [1.82, 2.24) is 4.98 Å². The van der Waals surface area contributed by atoms with E-state index < -0.39 is 5.97 Å². The highest BCUT2D eigenvalue weighted by molar-refractivity contribution is 5.70. The lowest BCUT2D eigenvalue weighted by Gasteiger charge is -2.32. The van der Waals surface area contributed by atoms with Gasteiger partial charge in [-0.3, -0.25) is 9.78 Å². The lowest BCUT2D eigenvalue weighted by Crippen LogP contribution is -2.31. The molecule has 3 heteroatoms. The smallest absolute Gasteiger partial charge is 0.306 e. The van der Waals surface area contributed by atoms with Crippen LogP contribution < -0.4 is 0 Å². The van der Waals surface area contributed by atoms with Gasteiger partial charge in [-0.2, -0.15) is 0 Å². The normalized spacial score (nSPS) is 28.9. The Bertz CT molecular complexity index is 377. The van der Waals surface area contributed by atoms with Gasteiger partial charge >= 0.3 is 5.97 Å². The molecule has 2 rings (SSSR count). The maximum absolute atomic E-state index is 11.2. The first-order valence-corrected chi connectivity index (χ1v) is 6.28. The van der Waals surface area contributed by atoms with E-state index in [0.717, 1.165) is 25.7 Å². The number of nitrogens with zero attached hydrogens (tertiary/aromatic N) is 1. The van der Waals surface area contributed by atoms with E-state index in [2.05, 4.69) is 11.9 Å². The van der Waals surface area contributed by atoms with Crippen molar-refractivity contribution in [3.63, 3.8) is 0 Å². The Labute approximate surface area is 102 Å². The zero-order valence-electron chi connectivity index (χ0n) is 10.2. The van der Waals surface area contributed by atoms with E-state index >= 15 is 0 Å². The van der Waals surface area contributed by atoms with Crippen molar-refractivity contribution in [3.05, 3.63) is 30.1 Å². The van der Waals surface area contributed by atoms with Gasteiger partial charge in [0.25, 0.3) is 0 Å². The summed E-state index contributed by atoms with van der Waals surface area (Å²) in [6.07, 6.45) is 7.31. The third-order valence-electron chi connectivity index (χ3n) is 3.81. The fourth-order valence-electron chi connectivity index (χ4n) is 2.87. The fraction of sp³-hybridized carbons (Fsp3) is 0.571. The number of hydrogen-bond donors (Lipinski definition) is 1. The number of rotatable bonds is 3. The van der Waals surface area contributed by atoms with Gasteiger partial charge in [-0.15, -0.1) is 0 Å². The highest BCUT2D eigenvalue weighted by Crippen LogP contribution is 2.35. The van der Waals surface area contributed by atoms with Gasteiger partial charge in [-0.05, 0) is 55.2 Å². The summed E-state index contributed by atoms with van der Waals surface area (Å²) in [5.74, 6) is 0.131. The quantitative estimate of drug-likeness (QED) is 0.873. The van der Waals surface area contributed by atoms with Gasteiger partial charge in [0, 0.05) is 12.4 Å². The SMILES string of the molecule is CC1CCC(C(=O)O)C(Cc2ccncc2)C1. The van der Waals surface area contributed by atoms with Gasteiger partial charge in [0.05, 0.1) is 5.92 Å². The molecule has 1 saturated carbocycles. The summed E-state index contributed by atoms with van der Waals surface area (Å²) in [6.45, 7) is 2.22. The van der Waals surface area contributed by atoms with E-state index in [4.69, 9.17) is 0 Å². The van der Waals surface area contributed by atoms with Gasteiger partial charge in [0.15, 0.2) is 0 Å². The summed E-state index contributed by atoms with van der Waals surface area (Å²) in [7, 11) is 0. The molecule has 1 aliphatic carbocycles. The second-order valence-corrected chi connectivity index (χ2v) is 5.18. The van der Waals surface area contributed by atoms with E-state index in [1.54, 1.807) is 12.4 Å². The van der Waals surface area contributed by atoms with Crippen LogP contribution in [0, 0.1) is 17.8 Å². The second kappa shape index (κ2) is 5.30. The predicted molar refractivity (Wildman–Crippen MR) is 65.6 cm³/mol. The van der Waals surface area contributed by atoms with E-state index in [0.29, 0.717) is 5.92 Å². The zero-order valence-corrected chi connectivity index (χ0v) is 10.2. The third kappa shape index (κ3) is 3.05. The highest BCUT2D eigenvalue weighted by Gasteiger charge is 2.33. The molecule has 1 aliphatic rings. The van der Waals surface area contributed by atoms with Gasteiger partial charge in [-0.1, -0.05) is 6.92 Å². The molecule has 3 atom stereocenters. The van der Waals surface area contributed by atoms with Crippen molar-refractivity contribution in [3.8, 4) is 0 Å². The van der Waals surface area contributed by atoms with Crippen molar-refractivity contribution >= 4 is 5.97 Å². The molecule has 1 N–H and O–H groups in total. The van der Waals surface area contributed by atoms with Crippen molar-refractivity contribution in [2.24, 2.45) is 17.8 Å². The van der Waals surface area contributed by atoms with E-state index in [-0.39, 0.29) is 11.8 Å². The van der Waals surface area contributed by atoms with Crippen LogP contribution in [0.2, 0.25) is 0 Å². The van der Waals surface area contributed by atoms with Gasteiger partial charge < -0.3 is 5.11 Å². The van der Waals surface area contributed by atoms with Crippen LogP contribution in [-0.4, -0.2) is 16.1 Å². The Balaban J connectivity index is 2.08. The Morgan fingerprint density at radius 3 is 2.76 bits per heavy atom. The van der Waals surface area contributed by atoms with Crippen LogP contribution in [-0.2, 0) is 11.2 Å². The molecule has 0 bridgehead atoms. The van der Waals surface area contributed by atoms with Gasteiger partial charge in [-0.25, -0.2) is 0 Å². The number of aromatic nitrogens is 1. The number of carbonyl (C=O) groups is 1. The lowest BCUT2D eigenvalue weighted by molar-refractivity contribution is -0.145. The molecule has 0 saturated heterocycles. The van der Waals surface area contributed by atoms with Crippen LogP contribution >= 0.6 is 0 Å². The maximum Gasteiger partial charge on any atom is 0.306 e. The molecule has 0 radical (unpaired) electrons. The molecule has 3 nitrogen and oxygen atoms in total. The first kappa shape index (κ1) is 12.1. The Hall–Kier alpha value is -1.38. The summed E-state index contributed by atoms with van der Waals surface area (Å²) >= 11 is 0. The summed E-state index contributed by atoms with van der Waals surface area (Å²) in [4.78, 5) is 15.2. The topological polar surface area (TPSA) is 50.2 Å². The summed E-state index contributed by atoms with van der Waals surface area (Å²) in [6, 6.07) is 3.97. The molecule has 0 amide bonds. The van der Waals surface area contributed by atoms with Crippen LogP contribution in [0.1, 0.15) is 31.7 Å². The van der Waals surface area contributed by atoms with E-state index in [1.165, 1.54) is 5.56 Å². The average Bonchev–Trinajstić information content (AvgIpc) is 2.30. The summed E-state index contributed by atoms with van der Waals surface area (Å²) in [5, 5.41) is 9.26. The second-order valence-electron chi connectivity index (χ2n) is 5.18. The highest BCUT2D eigenvalue weighted by atomic mass is 16.4. The largest absolute Gasteiger partial charge is 0.481 e. The monoisotopic (exact) mass is 233 g/mol. The minimum Gasteiger partial charge on any atom is -0.481 e. The molecular weight excluding hydrogens is 214 g/mol. The molecular formula is C14H19NO2. The van der Waals surface area contributed by atoms with Crippen LogP contribution in [0.3, 0.4) is 0 Å². The van der Waals surface area contributed by atoms with Gasteiger partial charge in [0.2, 0.25) is 0 Å². The van der Waals surface area contributed by atoms with Gasteiger partial charge in [0.1, 0.15) is 0 Å². The molecule has 3 unspecified atom stereocenters. The van der Waals surface area contributed by atoms with E-state index in [9.17, 15) is 9.90 Å². The van der Waals surface area contributed by atoms with Crippen molar-refractivity contribution in [2.75, 3.05) is 0 Å². The minimum absolute atomic E-state index is 0.167. The average molecular weight is 233 g/mol. The van der Waals surface area contributed by atoms with E-state index in [1.807, 2.05) is 12.1 Å². The summed E-state index contributed by atoms with van der Waals surface area (Å²) in [5.41, 5.74) is 1.20. The standard InChI is InChI=1S/C14H19NO2/c1-10-2-3-13(14(16)17)12(8-10)9-11-4-6-15-7-5-11/h4-7,10,12-13H,2-3,8-9H2,1H3,(H,16,17). The van der Waals surface area contributed by atoms with Crippen LogP contribution in [0.5, 0.6) is 0 Å². The summed E-state index contributed by atoms with van der Waals surface area (Å²) < 4.78 is 0. The molecule has 1 fully saturated rings. The molecule has 1 heterocycles. The van der Waals surface area contributed by atoms with Crippen molar-refractivity contribution in [1.29, 1.82) is 0 Å². The Morgan fingerprint density at radius 2 is 2.12 bits per heavy atom. The molecule has 0 aromatic carbocycles.